The Morgan fingerprint density at radius 2 is 0.565 bits per heavy atom. The number of unbranched alkanes of at least 4 members (excludes halogenated alkanes) is 38. The average Bonchev–Trinajstić information content (AvgIpc) is 3.27. The topological polar surface area (TPSA) is 78.9 Å². The Balaban J connectivity index is 4.25. The van der Waals surface area contributed by atoms with Crippen molar-refractivity contribution in [3.05, 3.63) is 12.2 Å². The van der Waals surface area contributed by atoms with E-state index in [1.165, 1.54) is 199 Å². The zero-order chi connectivity index (χ0) is 45.1. The number of carbonyl (C=O) groups is 3. The molecule has 0 amide bonds. The smallest absolute Gasteiger partial charge is 0.306 e. The van der Waals surface area contributed by atoms with Crippen LogP contribution in [-0.4, -0.2) is 37.2 Å². The van der Waals surface area contributed by atoms with Gasteiger partial charge in [-0.15, -0.1) is 0 Å². The molecule has 366 valence electrons. The van der Waals surface area contributed by atoms with Gasteiger partial charge in [0.05, 0.1) is 0 Å². The third kappa shape index (κ3) is 49.2. The lowest BCUT2D eigenvalue weighted by atomic mass is 10.0. The van der Waals surface area contributed by atoms with Gasteiger partial charge in [0.2, 0.25) is 0 Å². The maximum absolute atomic E-state index is 12.8. The van der Waals surface area contributed by atoms with Crippen LogP contribution in [-0.2, 0) is 28.6 Å². The molecule has 0 fully saturated rings. The molecule has 0 aromatic carbocycles. The summed E-state index contributed by atoms with van der Waals surface area (Å²) in [4.78, 5) is 38.0. The molecule has 0 saturated carbocycles. The third-order valence-electron chi connectivity index (χ3n) is 12.5. The first-order valence-corrected chi connectivity index (χ1v) is 27.7. The van der Waals surface area contributed by atoms with Crippen molar-refractivity contribution in [2.24, 2.45) is 0 Å². The lowest BCUT2D eigenvalue weighted by Gasteiger charge is -2.18. The zero-order valence-electron chi connectivity index (χ0n) is 41.9. The van der Waals surface area contributed by atoms with Gasteiger partial charge in [0.15, 0.2) is 6.10 Å². The van der Waals surface area contributed by atoms with E-state index < -0.39 is 6.10 Å². The van der Waals surface area contributed by atoms with Gasteiger partial charge in [0, 0.05) is 19.3 Å². The molecule has 0 N–H and O–H groups in total. The van der Waals surface area contributed by atoms with Crippen LogP contribution >= 0.6 is 0 Å². The second-order valence-corrected chi connectivity index (χ2v) is 18.9. The zero-order valence-corrected chi connectivity index (χ0v) is 41.9. The highest BCUT2D eigenvalue weighted by atomic mass is 16.6. The van der Waals surface area contributed by atoms with Crippen molar-refractivity contribution in [2.75, 3.05) is 13.2 Å². The molecule has 0 aromatic rings. The van der Waals surface area contributed by atoms with Crippen LogP contribution in [0.1, 0.15) is 310 Å². The summed E-state index contributed by atoms with van der Waals surface area (Å²) in [7, 11) is 0. The number of allylic oxidation sites excluding steroid dienone is 2. The van der Waals surface area contributed by atoms with Crippen LogP contribution in [0, 0.1) is 0 Å². The average molecular weight is 875 g/mol. The summed E-state index contributed by atoms with van der Waals surface area (Å²) < 4.78 is 16.8. The van der Waals surface area contributed by atoms with E-state index in [0.717, 1.165) is 70.6 Å². The van der Waals surface area contributed by atoms with Crippen molar-refractivity contribution in [2.45, 2.75) is 316 Å². The molecule has 0 aliphatic carbocycles. The van der Waals surface area contributed by atoms with E-state index in [9.17, 15) is 14.4 Å². The number of hydrogen-bond donors (Lipinski definition) is 0. The molecular weight excluding hydrogens is 769 g/mol. The van der Waals surface area contributed by atoms with Crippen molar-refractivity contribution in [1.29, 1.82) is 0 Å². The molecule has 0 aliphatic heterocycles. The van der Waals surface area contributed by atoms with Crippen molar-refractivity contribution < 1.29 is 28.6 Å². The van der Waals surface area contributed by atoms with Gasteiger partial charge >= 0.3 is 17.9 Å². The minimum Gasteiger partial charge on any atom is -0.462 e. The van der Waals surface area contributed by atoms with Gasteiger partial charge in [0.1, 0.15) is 13.2 Å². The Kier molecular flexibility index (Phi) is 50.2. The molecule has 1 atom stereocenters. The Labute approximate surface area is 386 Å². The SMILES string of the molecule is CCC/C=C\CCCCCCCC(=O)OCC(COC(=O)CCCCCCCCCCCCCCCCCCCC)OC(=O)CCCCCCCCCCCCCCCCCC. The van der Waals surface area contributed by atoms with Crippen molar-refractivity contribution in [3.8, 4) is 0 Å². The highest BCUT2D eigenvalue weighted by Crippen LogP contribution is 2.17. The minimum absolute atomic E-state index is 0.0669. The molecule has 62 heavy (non-hydrogen) atoms. The summed E-state index contributed by atoms with van der Waals surface area (Å²) in [6.45, 7) is 6.62. The summed E-state index contributed by atoms with van der Waals surface area (Å²) in [5.41, 5.74) is 0. The van der Waals surface area contributed by atoms with Gasteiger partial charge in [-0.25, -0.2) is 0 Å². The molecule has 0 radical (unpaired) electrons. The molecule has 1 unspecified atom stereocenters. The van der Waals surface area contributed by atoms with E-state index in [4.69, 9.17) is 14.2 Å². The fourth-order valence-corrected chi connectivity index (χ4v) is 8.33. The maximum Gasteiger partial charge on any atom is 0.306 e. The second-order valence-electron chi connectivity index (χ2n) is 18.9. The Morgan fingerprint density at radius 1 is 0.306 bits per heavy atom. The van der Waals surface area contributed by atoms with Crippen LogP contribution in [0.4, 0.5) is 0 Å². The number of hydrogen-bond acceptors (Lipinski definition) is 6. The van der Waals surface area contributed by atoms with E-state index in [2.05, 4.69) is 32.9 Å². The van der Waals surface area contributed by atoms with Gasteiger partial charge in [-0.2, -0.15) is 0 Å². The third-order valence-corrected chi connectivity index (χ3v) is 12.5. The summed E-state index contributed by atoms with van der Waals surface area (Å²) in [6.07, 6.45) is 57.8. The Morgan fingerprint density at radius 3 is 0.871 bits per heavy atom. The minimum atomic E-state index is -0.766. The van der Waals surface area contributed by atoms with E-state index in [1.54, 1.807) is 0 Å². The van der Waals surface area contributed by atoms with Gasteiger partial charge in [-0.3, -0.25) is 14.4 Å². The highest BCUT2D eigenvalue weighted by Gasteiger charge is 2.19. The van der Waals surface area contributed by atoms with E-state index in [-0.39, 0.29) is 31.1 Å². The van der Waals surface area contributed by atoms with Gasteiger partial charge in [-0.05, 0) is 38.5 Å². The normalized spacial score (nSPS) is 12.0. The quantitative estimate of drug-likeness (QED) is 0.0262. The van der Waals surface area contributed by atoms with Crippen molar-refractivity contribution >= 4 is 17.9 Å². The molecule has 0 heterocycles. The van der Waals surface area contributed by atoms with E-state index in [0.29, 0.717) is 19.3 Å². The maximum atomic E-state index is 12.8. The Bertz CT molecular complexity index is 962. The number of carbonyl (C=O) groups excluding carboxylic acids is 3. The molecule has 0 bridgehead atoms. The van der Waals surface area contributed by atoms with Crippen LogP contribution in [0.3, 0.4) is 0 Å². The fraction of sp³-hybridized carbons (Fsp3) is 0.911. The first kappa shape index (κ1) is 60.2. The van der Waals surface area contributed by atoms with Crippen LogP contribution in [0.5, 0.6) is 0 Å². The molecule has 0 rings (SSSR count). The lowest BCUT2D eigenvalue weighted by Crippen LogP contribution is -2.30. The van der Waals surface area contributed by atoms with Crippen molar-refractivity contribution in [1.82, 2.24) is 0 Å². The molecule has 0 aromatic heterocycles. The van der Waals surface area contributed by atoms with Crippen LogP contribution in [0.2, 0.25) is 0 Å². The van der Waals surface area contributed by atoms with Crippen LogP contribution < -0.4 is 0 Å². The predicted molar refractivity (Wildman–Crippen MR) is 266 cm³/mol. The largest absolute Gasteiger partial charge is 0.462 e. The number of ether oxygens (including phenoxy) is 3. The fourth-order valence-electron chi connectivity index (χ4n) is 8.33. The van der Waals surface area contributed by atoms with Crippen molar-refractivity contribution in [3.63, 3.8) is 0 Å². The standard InChI is InChI=1S/C56H106O6/c1-4-7-10-13-16-19-22-24-26-28-29-31-32-34-37-40-43-46-49-55(58)61-52-53(51-60-54(57)48-45-42-39-36-21-18-15-12-9-6-3)62-56(59)50-47-44-41-38-35-33-30-27-25-23-20-17-14-11-8-5-2/h12,15,53H,4-11,13-14,16-52H2,1-3H3/b15-12-. The monoisotopic (exact) mass is 875 g/mol. The van der Waals surface area contributed by atoms with E-state index >= 15 is 0 Å². The summed E-state index contributed by atoms with van der Waals surface area (Å²) in [5, 5.41) is 0. The molecule has 6 heteroatoms. The Hall–Kier alpha value is -1.85. The second kappa shape index (κ2) is 51.8. The van der Waals surface area contributed by atoms with E-state index in [1.807, 2.05) is 0 Å². The first-order valence-electron chi connectivity index (χ1n) is 27.7. The molecule has 0 aliphatic rings. The summed E-state index contributed by atoms with van der Waals surface area (Å²) in [6, 6.07) is 0. The summed E-state index contributed by atoms with van der Waals surface area (Å²) in [5.74, 6) is -0.857. The highest BCUT2D eigenvalue weighted by molar-refractivity contribution is 5.71. The lowest BCUT2D eigenvalue weighted by molar-refractivity contribution is -0.167. The van der Waals surface area contributed by atoms with Gasteiger partial charge in [0.25, 0.3) is 0 Å². The van der Waals surface area contributed by atoms with Gasteiger partial charge in [-0.1, -0.05) is 264 Å². The predicted octanol–water partition coefficient (Wildman–Crippen LogP) is 18.2. The first-order chi connectivity index (χ1) is 30.5. The van der Waals surface area contributed by atoms with Gasteiger partial charge < -0.3 is 14.2 Å². The van der Waals surface area contributed by atoms with Crippen LogP contribution in [0.25, 0.3) is 0 Å². The molecule has 0 spiro atoms. The number of esters is 3. The number of rotatable bonds is 51. The van der Waals surface area contributed by atoms with Crippen LogP contribution in [0.15, 0.2) is 12.2 Å². The molecule has 6 nitrogen and oxygen atoms in total. The molecule has 0 saturated heterocycles. The summed E-state index contributed by atoms with van der Waals surface area (Å²) >= 11 is 0. The molecular formula is C56H106O6.